The summed E-state index contributed by atoms with van der Waals surface area (Å²) < 4.78 is 12.8. The molecule has 7 heteroatoms. The Hall–Kier alpha value is -4.13. The lowest BCUT2D eigenvalue weighted by atomic mass is 10.0. The number of aromatic nitrogens is 3. The highest BCUT2D eigenvalue weighted by atomic mass is 16.5. The molecule has 0 saturated heterocycles. The number of rotatable bonds is 5. The molecule has 0 aliphatic carbocycles. The molecule has 0 saturated carbocycles. The highest BCUT2D eigenvalue weighted by Gasteiger charge is 2.20. The Bertz CT molecular complexity index is 1340. The van der Waals surface area contributed by atoms with Crippen LogP contribution in [0.2, 0.25) is 0 Å². The molecule has 1 aromatic carbocycles. The number of amides is 1. The van der Waals surface area contributed by atoms with E-state index in [1.54, 1.807) is 26.5 Å². The number of pyridine rings is 2. The molecular weight excluding hydrogens is 416 g/mol. The summed E-state index contributed by atoms with van der Waals surface area (Å²) in [5.41, 5.74) is 5.52. The molecule has 0 spiro atoms. The number of carbonyl (C=O) groups excluding carboxylic acids is 1. The van der Waals surface area contributed by atoms with Crippen LogP contribution in [-0.4, -0.2) is 52.5 Å². The van der Waals surface area contributed by atoms with Crippen LogP contribution in [0.15, 0.2) is 73.2 Å². The van der Waals surface area contributed by atoms with Gasteiger partial charge in [0.1, 0.15) is 11.3 Å². The minimum absolute atomic E-state index is 0.0319. The lowest BCUT2D eigenvalue weighted by Crippen LogP contribution is -2.35. The zero-order chi connectivity index (χ0) is 22.8. The van der Waals surface area contributed by atoms with Crippen molar-refractivity contribution in [3.8, 4) is 22.8 Å². The number of methoxy groups -OCH3 is 2. The molecule has 4 heterocycles. The van der Waals surface area contributed by atoms with Gasteiger partial charge in [-0.15, -0.1) is 0 Å². The normalized spacial score (nSPS) is 13.6. The molecule has 0 atom stereocenters. The summed E-state index contributed by atoms with van der Waals surface area (Å²) in [5.74, 6) is 1.33. The third-order valence-corrected chi connectivity index (χ3v) is 5.88. The van der Waals surface area contributed by atoms with Crippen molar-refractivity contribution in [2.75, 3.05) is 27.3 Å². The maximum absolute atomic E-state index is 12.6. The highest BCUT2D eigenvalue weighted by molar-refractivity contribution is 5.92. The van der Waals surface area contributed by atoms with Gasteiger partial charge in [-0.2, -0.15) is 0 Å². The predicted octanol–water partition coefficient (Wildman–Crippen LogP) is 4.34. The Morgan fingerprint density at radius 2 is 1.82 bits per heavy atom. The number of hydrogen-bond donors (Lipinski definition) is 0. The largest absolute Gasteiger partial charge is 0.493 e. The Labute approximate surface area is 191 Å². The highest BCUT2D eigenvalue weighted by Crippen LogP contribution is 2.32. The van der Waals surface area contributed by atoms with Crippen LogP contribution in [-0.2, 0) is 0 Å². The second kappa shape index (κ2) is 8.78. The summed E-state index contributed by atoms with van der Waals surface area (Å²) in [6, 6.07) is 15.3. The van der Waals surface area contributed by atoms with Crippen LogP contribution in [0, 0.1) is 0 Å². The Balaban J connectivity index is 1.37. The standard InChI is InChI=1S/C26H24N4O3/c1-32-23-8-6-19(15-24(23)33-2)22-17-30-16-20(7-9-25(30)28-22)18-10-13-29(14-11-18)26(31)21-5-3-4-12-27-21/h3-10,12,15-17H,11,13-14H2,1-2H3. The fourth-order valence-electron chi connectivity index (χ4n) is 4.08. The number of nitrogens with zero attached hydrogens (tertiary/aromatic N) is 4. The molecule has 1 aliphatic heterocycles. The fraction of sp³-hybridized carbons (Fsp3) is 0.192. The van der Waals surface area contributed by atoms with Crippen molar-refractivity contribution in [2.45, 2.75) is 6.42 Å². The molecule has 1 amide bonds. The smallest absolute Gasteiger partial charge is 0.272 e. The minimum Gasteiger partial charge on any atom is -0.493 e. The van der Waals surface area contributed by atoms with Gasteiger partial charge in [-0.05, 0) is 60.0 Å². The molecule has 0 fully saturated rings. The van der Waals surface area contributed by atoms with Gasteiger partial charge in [0.25, 0.3) is 5.91 Å². The second-order valence-corrected chi connectivity index (χ2v) is 7.82. The van der Waals surface area contributed by atoms with Crippen molar-refractivity contribution >= 4 is 17.1 Å². The van der Waals surface area contributed by atoms with Gasteiger partial charge < -0.3 is 18.8 Å². The van der Waals surface area contributed by atoms with Gasteiger partial charge in [0.15, 0.2) is 11.5 Å². The van der Waals surface area contributed by atoms with E-state index in [9.17, 15) is 4.79 Å². The van der Waals surface area contributed by atoms with Crippen LogP contribution in [0.25, 0.3) is 22.5 Å². The summed E-state index contributed by atoms with van der Waals surface area (Å²) in [6.45, 7) is 1.24. The molecule has 3 aromatic heterocycles. The van der Waals surface area contributed by atoms with E-state index in [0.29, 0.717) is 30.3 Å². The molecule has 1 aliphatic rings. The number of hydrogen-bond acceptors (Lipinski definition) is 5. The lowest BCUT2D eigenvalue weighted by molar-refractivity contribution is 0.0767. The van der Waals surface area contributed by atoms with E-state index in [1.807, 2.05) is 51.9 Å². The van der Waals surface area contributed by atoms with E-state index in [0.717, 1.165) is 28.9 Å². The Kier molecular flexibility index (Phi) is 5.52. The fourth-order valence-corrected chi connectivity index (χ4v) is 4.08. The number of carbonyl (C=O) groups is 1. The van der Waals surface area contributed by atoms with Gasteiger partial charge in [0.05, 0.1) is 19.9 Å². The topological polar surface area (TPSA) is 69.0 Å². The predicted molar refractivity (Wildman–Crippen MR) is 126 cm³/mol. The first-order valence-electron chi connectivity index (χ1n) is 10.8. The molecule has 33 heavy (non-hydrogen) atoms. The number of benzene rings is 1. The summed E-state index contributed by atoms with van der Waals surface area (Å²) in [5, 5.41) is 0. The van der Waals surface area contributed by atoms with Gasteiger partial charge in [0.2, 0.25) is 0 Å². The van der Waals surface area contributed by atoms with Gasteiger partial charge in [0, 0.05) is 37.2 Å². The molecule has 5 rings (SSSR count). The lowest BCUT2D eigenvalue weighted by Gasteiger charge is -2.26. The van der Waals surface area contributed by atoms with E-state index >= 15 is 0 Å². The number of ether oxygens (including phenoxy) is 2. The summed E-state index contributed by atoms with van der Waals surface area (Å²) in [4.78, 5) is 23.4. The SMILES string of the molecule is COc1ccc(-c2cn3cc(C4=CCN(C(=O)c5ccccn5)CC4)ccc3n2)cc1OC. The third-order valence-electron chi connectivity index (χ3n) is 5.88. The van der Waals surface area contributed by atoms with Gasteiger partial charge >= 0.3 is 0 Å². The maximum Gasteiger partial charge on any atom is 0.272 e. The summed E-state index contributed by atoms with van der Waals surface area (Å²) in [6.07, 6.45) is 8.67. The Morgan fingerprint density at radius 1 is 0.970 bits per heavy atom. The first kappa shape index (κ1) is 20.8. The summed E-state index contributed by atoms with van der Waals surface area (Å²) in [7, 11) is 3.25. The van der Waals surface area contributed by atoms with Crippen molar-refractivity contribution in [1.29, 1.82) is 0 Å². The zero-order valence-electron chi connectivity index (χ0n) is 18.6. The van der Waals surface area contributed by atoms with Crippen LogP contribution in [0.3, 0.4) is 0 Å². The van der Waals surface area contributed by atoms with Crippen LogP contribution in [0.5, 0.6) is 11.5 Å². The molecule has 0 radical (unpaired) electrons. The maximum atomic E-state index is 12.6. The van der Waals surface area contributed by atoms with Crippen molar-refractivity contribution < 1.29 is 14.3 Å². The van der Waals surface area contributed by atoms with Crippen molar-refractivity contribution in [1.82, 2.24) is 19.3 Å². The molecule has 0 N–H and O–H groups in total. The molecule has 0 bridgehead atoms. The average Bonchev–Trinajstić information content (AvgIpc) is 3.32. The van der Waals surface area contributed by atoms with Crippen LogP contribution >= 0.6 is 0 Å². The van der Waals surface area contributed by atoms with Crippen LogP contribution < -0.4 is 9.47 Å². The van der Waals surface area contributed by atoms with Gasteiger partial charge in [-0.3, -0.25) is 9.78 Å². The van der Waals surface area contributed by atoms with E-state index < -0.39 is 0 Å². The first-order valence-corrected chi connectivity index (χ1v) is 10.8. The second-order valence-electron chi connectivity index (χ2n) is 7.82. The van der Waals surface area contributed by atoms with Crippen LogP contribution in [0.4, 0.5) is 0 Å². The molecule has 4 aromatic rings. The van der Waals surface area contributed by atoms with E-state index in [-0.39, 0.29) is 5.91 Å². The van der Waals surface area contributed by atoms with Crippen molar-refractivity contribution in [3.05, 3.63) is 84.5 Å². The zero-order valence-corrected chi connectivity index (χ0v) is 18.6. The minimum atomic E-state index is -0.0319. The van der Waals surface area contributed by atoms with Crippen molar-refractivity contribution in [3.63, 3.8) is 0 Å². The van der Waals surface area contributed by atoms with E-state index in [1.165, 1.54) is 5.57 Å². The molecule has 166 valence electrons. The van der Waals surface area contributed by atoms with Gasteiger partial charge in [-0.25, -0.2) is 4.98 Å². The van der Waals surface area contributed by atoms with Crippen LogP contribution in [0.1, 0.15) is 22.5 Å². The monoisotopic (exact) mass is 440 g/mol. The van der Waals surface area contributed by atoms with E-state index in [4.69, 9.17) is 14.5 Å². The first-order chi connectivity index (χ1) is 16.2. The number of fused-ring (bicyclic) bond motifs is 1. The average molecular weight is 441 g/mol. The van der Waals surface area contributed by atoms with Gasteiger partial charge in [-0.1, -0.05) is 12.1 Å². The third kappa shape index (κ3) is 4.05. The molecule has 7 nitrogen and oxygen atoms in total. The molecular formula is C26H24N4O3. The molecule has 0 unspecified atom stereocenters. The Morgan fingerprint density at radius 3 is 2.55 bits per heavy atom. The summed E-state index contributed by atoms with van der Waals surface area (Å²) >= 11 is 0. The quantitative estimate of drug-likeness (QED) is 0.462. The number of imidazole rings is 1. The van der Waals surface area contributed by atoms with E-state index in [2.05, 4.69) is 23.3 Å². The van der Waals surface area contributed by atoms with Crippen molar-refractivity contribution in [2.24, 2.45) is 0 Å².